The minimum Gasteiger partial charge on any atom is -0.294 e. The fourth-order valence-corrected chi connectivity index (χ4v) is 1.68. The summed E-state index contributed by atoms with van der Waals surface area (Å²) in [7, 11) is 0. The molecule has 82 valence electrons. The number of carbonyl (C=O) groups excluding carboxylic acids is 1. The second-order valence-corrected chi connectivity index (χ2v) is 4.10. The van der Waals surface area contributed by atoms with E-state index in [1.54, 1.807) is 0 Å². The number of Topliss-reactive ketones (excluding diaryl/α,β-unsaturated/α-hetero) is 1. The van der Waals surface area contributed by atoms with Gasteiger partial charge >= 0.3 is 0 Å². The van der Waals surface area contributed by atoms with Crippen LogP contribution in [0, 0.1) is 6.92 Å². The molecule has 0 fully saturated rings. The van der Waals surface area contributed by atoms with Crippen LogP contribution in [-0.2, 0) is 0 Å². The molecule has 0 radical (unpaired) electrons. The first-order valence-electron chi connectivity index (χ1n) is 5.84. The molecule has 0 aliphatic carbocycles. The van der Waals surface area contributed by atoms with Crippen LogP contribution in [0.25, 0.3) is 0 Å². The first-order chi connectivity index (χ1) is 7.24. The van der Waals surface area contributed by atoms with E-state index >= 15 is 0 Å². The van der Waals surface area contributed by atoms with Gasteiger partial charge in [-0.25, -0.2) is 0 Å². The maximum Gasteiger partial charge on any atom is 0.162 e. The zero-order valence-corrected chi connectivity index (χ0v) is 9.75. The van der Waals surface area contributed by atoms with Gasteiger partial charge in [0, 0.05) is 12.0 Å². The topological polar surface area (TPSA) is 17.1 Å². The summed E-state index contributed by atoms with van der Waals surface area (Å²) in [5.41, 5.74) is 2.03. The predicted molar refractivity (Wildman–Crippen MR) is 64.3 cm³/mol. The second kappa shape index (κ2) is 6.39. The molecule has 1 nitrogen and oxygen atoms in total. The maximum atomic E-state index is 11.8. The van der Waals surface area contributed by atoms with Crippen molar-refractivity contribution in [3.05, 3.63) is 35.4 Å². The summed E-state index contributed by atoms with van der Waals surface area (Å²) in [4.78, 5) is 11.8. The molecular formula is C14H20O. The minimum absolute atomic E-state index is 0.287. The van der Waals surface area contributed by atoms with Gasteiger partial charge in [0.2, 0.25) is 0 Å². The molecule has 1 heteroatoms. The summed E-state index contributed by atoms with van der Waals surface area (Å²) >= 11 is 0. The van der Waals surface area contributed by atoms with E-state index in [4.69, 9.17) is 0 Å². The van der Waals surface area contributed by atoms with Crippen molar-refractivity contribution in [2.75, 3.05) is 0 Å². The van der Waals surface area contributed by atoms with Crippen LogP contribution in [0.15, 0.2) is 24.3 Å². The molecule has 0 bridgehead atoms. The third-order valence-electron chi connectivity index (χ3n) is 2.60. The van der Waals surface area contributed by atoms with Crippen molar-refractivity contribution < 1.29 is 4.79 Å². The van der Waals surface area contributed by atoms with Crippen LogP contribution in [0.5, 0.6) is 0 Å². The van der Waals surface area contributed by atoms with Crippen LogP contribution < -0.4 is 0 Å². The van der Waals surface area contributed by atoms with E-state index in [2.05, 4.69) is 6.92 Å². The fraction of sp³-hybridized carbons (Fsp3) is 0.500. The molecule has 0 unspecified atom stereocenters. The zero-order chi connectivity index (χ0) is 11.1. The summed E-state index contributed by atoms with van der Waals surface area (Å²) in [5.74, 6) is 0.287. The molecule has 15 heavy (non-hydrogen) atoms. The monoisotopic (exact) mass is 204 g/mol. The van der Waals surface area contributed by atoms with Crippen molar-refractivity contribution in [3.8, 4) is 0 Å². The average molecular weight is 204 g/mol. The standard InChI is InChI=1S/C14H20O/c1-3-4-5-6-10-14(15)13-9-7-8-12(2)11-13/h7-9,11H,3-6,10H2,1-2H3. The van der Waals surface area contributed by atoms with Crippen LogP contribution in [-0.4, -0.2) is 5.78 Å². The molecule has 0 saturated heterocycles. The third kappa shape index (κ3) is 4.28. The molecular weight excluding hydrogens is 184 g/mol. The Morgan fingerprint density at radius 3 is 2.67 bits per heavy atom. The van der Waals surface area contributed by atoms with Gasteiger partial charge in [-0.15, -0.1) is 0 Å². The third-order valence-corrected chi connectivity index (χ3v) is 2.60. The molecule has 0 amide bonds. The molecule has 0 aliphatic rings. The average Bonchev–Trinajstić information content (AvgIpc) is 2.24. The van der Waals surface area contributed by atoms with E-state index < -0.39 is 0 Å². The Morgan fingerprint density at radius 1 is 1.20 bits per heavy atom. The van der Waals surface area contributed by atoms with Gasteiger partial charge in [0.1, 0.15) is 0 Å². The lowest BCUT2D eigenvalue weighted by Gasteiger charge is -2.01. The van der Waals surface area contributed by atoms with Gasteiger partial charge in [0.25, 0.3) is 0 Å². The summed E-state index contributed by atoms with van der Waals surface area (Å²) in [6, 6.07) is 7.86. The lowest BCUT2D eigenvalue weighted by atomic mass is 10.0. The predicted octanol–water partition coefficient (Wildman–Crippen LogP) is 4.15. The normalized spacial score (nSPS) is 10.3. The number of rotatable bonds is 6. The van der Waals surface area contributed by atoms with Crippen molar-refractivity contribution in [1.82, 2.24) is 0 Å². The quantitative estimate of drug-likeness (QED) is 0.502. The number of benzene rings is 1. The van der Waals surface area contributed by atoms with E-state index in [9.17, 15) is 4.79 Å². The number of carbonyl (C=O) groups is 1. The van der Waals surface area contributed by atoms with Crippen molar-refractivity contribution in [3.63, 3.8) is 0 Å². The van der Waals surface area contributed by atoms with Gasteiger partial charge in [-0.05, 0) is 19.4 Å². The fourth-order valence-electron chi connectivity index (χ4n) is 1.68. The van der Waals surface area contributed by atoms with Crippen molar-refractivity contribution >= 4 is 5.78 Å². The molecule has 0 N–H and O–H groups in total. The Balaban J connectivity index is 2.40. The largest absolute Gasteiger partial charge is 0.294 e. The van der Waals surface area contributed by atoms with Gasteiger partial charge in [0.05, 0.1) is 0 Å². The number of aryl methyl sites for hydroxylation is 1. The SMILES string of the molecule is CCCCCCC(=O)c1cccc(C)c1. The summed E-state index contributed by atoms with van der Waals surface area (Å²) in [6.07, 6.45) is 5.36. The van der Waals surface area contributed by atoms with Gasteiger partial charge in [-0.1, -0.05) is 49.9 Å². The van der Waals surface area contributed by atoms with Crippen molar-refractivity contribution in [2.45, 2.75) is 46.0 Å². The van der Waals surface area contributed by atoms with E-state index in [1.165, 1.54) is 19.3 Å². The highest BCUT2D eigenvalue weighted by atomic mass is 16.1. The first-order valence-corrected chi connectivity index (χ1v) is 5.84. The molecule has 1 aromatic rings. The molecule has 0 heterocycles. The smallest absolute Gasteiger partial charge is 0.162 e. The Morgan fingerprint density at radius 2 is 2.00 bits per heavy atom. The van der Waals surface area contributed by atoms with Gasteiger partial charge in [-0.3, -0.25) is 4.79 Å². The van der Waals surface area contributed by atoms with Crippen LogP contribution in [0.1, 0.15) is 54.9 Å². The van der Waals surface area contributed by atoms with Crippen LogP contribution in [0.3, 0.4) is 0 Å². The Kier molecular flexibility index (Phi) is 5.09. The van der Waals surface area contributed by atoms with E-state index in [0.29, 0.717) is 6.42 Å². The lowest BCUT2D eigenvalue weighted by Crippen LogP contribution is -1.98. The van der Waals surface area contributed by atoms with Gasteiger partial charge in [-0.2, -0.15) is 0 Å². The highest BCUT2D eigenvalue weighted by molar-refractivity contribution is 5.96. The van der Waals surface area contributed by atoms with Crippen LogP contribution in [0.2, 0.25) is 0 Å². The number of unbranched alkanes of at least 4 members (excludes halogenated alkanes) is 3. The number of hydrogen-bond donors (Lipinski definition) is 0. The Labute approximate surface area is 92.5 Å². The molecule has 0 aromatic heterocycles. The molecule has 1 rings (SSSR count). The zero-order valence-electron chi connectivity index (χ0n) is 9.75. The van der Waals surface area contributed by atoms with Gasteiger partial charge in [0.15, 0.2) is 5.78 Å². The maximum absolute atomic E-state index is 11.8. The van der Waals surface area contributed by atoms with Gasteiger partial charge < -0.3 is 0 Å². The minimum atomic E-state index is 0.287. The first kappa shape index (κ1) is 12.0. The summed E-state index contributed by atoms with van der Waals surface area (Å²) < 4.78 is 0. The van der Waals surface area contributed by atoms with Crippen LogP contribution >= 0.6 is 0 Å². The van der Waals surface area contributed by atoms with E-state index in [1.807, 2.05) is 31.2 Å². The molecule has 0 aliphatic heterocycles. The van der Waals surface area contributed by atoms with Crippen LogP contribution in [0.4, 0.5) is 0 Å². The van der Waals surface area contributed by atoms with Crippen molar-refractivity contribution in [2.24, 2.45) is 0 Å². The number of ketones is 1. The van der Waals surface area contributed by atoms with E-state index in [-0.39, 0.29) is 5.78 Å². The molecule has 0 spiro atoms. The summed E-state index contributed by atoms with van der Waals surface area (Å²) in [5, 5.41) is 0. The summed E-state index contributed by atoms with van der Waals surface area (Å²) in [6.45, 7) is 4.20. The number of hydrogen-bond acceptors (Lipinski definition) is 1. The van der Waals surface area contributed by atoms with E-state index in [0.717, 1.165) is 17.5 Å². The molecule has 0 saturated carbocycles. The highest BCUT2D eigenvalue weighted by Gasteiger charge is 2.04. The molecule has 0 atom stereocenters. The highest BCUT2D eigenvalue weighted by Crippen LogP contribution is 2.10. The second-order valence-electron chi connectivity index (χ2n) is 4.10. The lowest BCUT2D eigenvalue weighted by molar-refractivity contribution is 0.0979. The molecule has 1 aromatic carbocycles. The van der Waals surface area contributed by atoms with Crippen molar-refractivity contribution in [1.29, 1.82) is 0 Å². The Bertz CT molecular complexity index is 315. The Hall–Kier alpha value is -1.11.